The van der Waals surface area contributed by atoms with E-state index in [1.165, 1.54) is 12.1 Å². The fourth-order valence-electron chi connectivity index (χ4n) is 1.06. The number of aromatic nitrogens is 1. The molecule has 16 heavy (non-hydrogen) atoms. The predicted molar refractivity (Wildman–Crippen MR) is 60.3 cm³/mol. The molecule has 0 amide bonds. The van der Waals surface area contributed by atoms with Crippen LogP contribution in [0.5, 0.6) is 0 Å². The van der Waals surface area contributed by atoms with Crippen molar-refractivity contribution in [1.82, 2.24) is 4.98 Å². The summed E-state index contributed by atoms with van der Waals surface area (Å²) in [5.74, 6) is 0.484. The summed E-state index contributed by atoms with van der Waals surface area (Å²) in [6.45, 7) is 2.37. The third-order valence-corrected chi connectivity index (χ3v) is 2.01. The van der Waals surface area contributed by atoms with Crippen LogP contribution in [0.4, 0.5) is 17.3 Å². The molecule has 0 aliphatic rings. The molecule has 7 heteroatoms. The SMILES string of the molecule is COC(C)CNc1cc([N+](=O)[O-])cc(N)n1. The van der Waals surface area contributed by atoms with Gasteiger partial charge in [-0.05, 0) is 6.92 Å². The highest BCUT2D eigenvalue weighted by Crippen LogP contribution is 2.18. The molecule has 0 aliphatic carbocycles. The van der Waals surface area contributed by atoms with Crippen LogP contribution in [0.1, 0.15) is 6.92 Å². The number of nitro groups is 1. The van der Waals surface area contributed by atoms with Crippen LogP contribution in [0.25, 0.3) is 0 Å². The zero-order valence-corrected chi connectivity index (χ0v) is 9.14. The Labute approximate surface area is 92.8 Å². The second kappa shape index (κ2) is 5.26. The Kier molecular flexibility index (Phi) is 4.01. The van der Waals surface area contributed by atoms with Gasteiger partial charge in [-0.2, -0.15) is 0 Å². The Morgan fingerprint density at radius 3 is 2.94 bits per heavy atom. The largest absolute Gasteiger partial charge is 0.383 e. The Morgan fingerprint density at radius 1 is 1.69 bits per heavy atom. The number of hydrogen-bond donors (Lipinski definition) is 2. The molecule has 3 N–H and O–H groups in total. The van der Waals surface area contributed by atoms with Crippen molar-refractivity contribution in [3.63, 3.8) is 0 Å². The summed E-state index contributed by atoms with van der Waals surface area (Å²) < 4.78 is 5.02. The summed E-state index contributed by atoms with van der Waals surface area (Å²) in [6, 6.07) is 2.55. The van der Waals surface area contributed by atoms with Crippen molar-refractivity contribution in [2.75, 3.05) is 24.7 Å². The van der Waals surface area contributed by atoms with Gasteiger partial charge in [0, 0.05) is 13.7 Å². The van der Waals surface area contributed by atoms with Gasteiger partial charge < -0.3 is 15.8 Å². The van der Waals surface area contributed by atoms with Crippen LogP contribution in [0, 0.1) is 10.1 Å². The molecule has 0 saturated heterocycles. The van der Waals surface area contributed by atoms with Gasteiger partial charge in [0.15, 0.2) is 0 Å². The molecule has 1 atom stereocenters. The van der Waals surface area contributed by atoms with E-state index in [0.29, 0.717) is 12.4 Å². The lowest BCUT2D eigenvalue weighted by Gasteiger charge is -2.11. The molecule has 7 nitrogen and oxygen atoms in total. The van der Waals surface area contributed by atoms with Crippen LogP contribution in [0.15, 0.2) is 12.1 Å². The number of rotatable bonds is 5. The van der Waals surface area contributed by atoms with E-state index in [9.17, 15) is 10.1 Å². The van der Waals surface area contributed by atoms with E-state index in [1.807, 2.05) is 6.92 Å². The highest BCUT2D eigenvalue weighted by atomic mass is 16.6. The average Bonchev–Trinajstić information content (AvgIpc) is 2.25. The lowest BCUT2D eigenvalue weighted by molar-refractivity contribution is -0.384. The number of nitrogen functional groups attached to an aromatic ring is 1. The normalized spacial score (nSPS) is 12.1. The van der Waals surface area contributed by atoms with Crippen LogP contribution in [0.3, 0.4) is 0 Å². The Balaban J connectivity index is 2.76. The van der Waals surface area contributed by atoms with Gasteiger partial charge in [0.05, 0.1) is 23.2 Å². The molecule has 1 aromatic heterocycles. The van der Waals surface area contributed by atoms with Crippen LogP contribution in [-0.2, 0) is 4.74 Å². The Morgan fingerprint density at radius 2 is 2.38 bits per heavy atom. The number of methoxy groups -OCH3 is 1. The first kappa shape index (κ1) is 12.2. The smallest absolute Gasteiger partial charge is 0.276 e. The van der Waals surface area contributed by atoms with Crippen molar-refractivity contribution < 1.29 is 9.66 Å². The summed E-state index contributed by atoms with van der Waals surface area (Å²) in [4.78, 5) is 14.0. The molecule has 0 fully saturated rings. The third kappa shape index (κ3) is 3.35. The predicted octanol–water partition coefficient (Wildman–Crippen LogP) is 1.02. The van der Waals surface area contributed by atoms with E-state index in [0.717, 1.165) is 0 Å². The molecule has 0 radical (unpaired) electrons. The number of nitrogens with one attached hydrogen (secondary N) is 1. The fourth-order valence-corrected chi connectivity index (χ4v) is 1.06. The fraction of sp³-hybridized carbons (Fsp3) is 0.444. The minimum absolute atomic E-state index is 0.0118. The standard InChI is InChI=1S/C9H14N4O3/c1-6(16-2)5-11-9-4-7(13(14)15)3-8(10)12-9/h3-4,6H,5H2,1-2H3,(H3,10,11,12). The topological polar surface area (TPSA) is 103 Å². The van der Waals surface area contributed by atoms with E-state index < -0.39 is 4.92 Å². The third-order valence-electron chi connectivity index (χ3n) is 2.01. The first-order valence-electron chi connectivity index (χ1n) is 4.71. The molecule has 1 rings (SSSR count). The molecular weight excluding hydrogens is 212 g/mol. The van der Waals surface area contributed by atoms with Crippen molar-refractivity contribution in [1.29, 1.82) is 0 Å². The van der Waals surface area contributed by atoms with Crippen LogP contribution in [-0.4, -0.2) is 29.7 Å². The minimum atomic E-state index is -0.511. The van der Waals surface area contributed by atoms with Gasteiger partial charge in [0.1, 0.15) is 11.6 Å². The number of pyridine rings is 1. The second-order valence-corrected chi connectivity index (χ2v) is 3.32. The number of ether oxygens (including phenoxy) is 1. The van der Waals surface area contributed by atoms with Gasteiger partial charge in [0.25, 0.3) is 5.69 Å². The van der Waals surface area contributed by atoms with Crippen molar-refractivity contribution in [3.05, 3.63) is 22.2 Å². The van der Waals surface area contributed by atoms with Crippen LogP contribution < -0.4 is 11.1 Å². The molecular formula is C9H14N4O3. The molecule has 1 aromatic rings. The highest BCUT2D eigenvalue weighted by Gasteiger charge is 2.10. The first-order valence-corrected chi connectivity index (χ1v) is 4.71. The number of nitrogens with zero attached hydrogens (tertiary/aromatic N) is 2. The van der Waals surface area contributed by atoms with E-state index in [4.69, 9.17) is 10.5 Å². The number of hydrogen-bond acceptors (Lipinski definition) is 6. The van der Waals surface area contributed by atoms with E-state index >= 15 is 0 Å². The van der Waals surface area contributed by atoms with Gasteiger partial charge in [-0.15, -0.1) is 0 Å². The van der Waals surface area contributed by atoms with Gasteiger partial charge in [-0.3, -0.25) is 10.1 Å². The van der Waals surface area contributed by atoms with Crippen molar-refractivity contribution >= 4 is 17.3 Å². The molecule has 1 heterocycles. The van der Waals surface area contributed by atoms with Crippen LogP contribution in [0.2, 0.25) is 0 Å². The second-order valence-electron chi connectivity index (χ2n) is 3.32. The average molecular weight is 226 g/mol. The molecule has 0 aliphatic heterocycles. The monoisotopic (exact) mass is 226 g/mol. The minimum Gasteiger partial charge on any atom is -0.383 e. The first-order chi connectivity index (χ1) is 7.52. The Hall–Kier alpha value is -1.89. The van der Waals surface area contributed by atoms with Crippen molar-refractivity contribution in [3.8, 4) is 0 Å². The summed E-state index contributed by atoms with van der Waals surface area (Å²) in [5.41, 5.74) is 5.37. The lowest BCUT2D eigenvalue weighted by atomic mass is 10.3. The molecule has 0 bridgehead atoms. The summed E-state index contributed by atoms with van der Waals surface area (Å²) >= 11 is 0. The van der Waals surface area contributed by atoms with Crippen molar-refractivity contribution in [2.24, 2.45) is 0 Å². The van der Waals surface area contributed by atoms with E-state index in [2.05, 4.69) is 10.3 Å². The van der Waals surface area contributed by atoms with Gasteiger partial charge >= 0.3 is 0 Å². The van der Waals surface area contributed by atoms with E-state index in [1.54, 1.807) is 7.11 Å². The Bertz CT molecular complexity index is 383. The molecule has 88 valence electrons. The van der Waals surface area contributed by atoms with Gasteiger partial charge in [0.2, 0.25) is 0 Å². The van der Waals surface area contributed by atoms with Gasteiger partial charge in [-0.25, -0.2) is 4.98 Å². The lowest BCUT2D eigenvalue weighted by Crippen LogP contribution is -2.18. The summed E-state index contributed by atoms with van der Waals surface area (Å²) in [7, 11) is 1.58. The molecule has 1 unspecified atom stereocenters. The zero-order chi connectivity index (χ0) is 12.1. The number of nitrogens with two attached hydrogens (primary N) is 1. The van der Waals surface area contributed by atoms with Crippen LogP contribution >= 0.6 is 0 Å². The molecule has 0 spiro atoms. The quantitative estimate of drug-likeness (QED) is 0.573. The maximum atomic E-state index is 10.6. The van der Waals surface area contributed by atoms with Crippen molar-refractivity contribution in [2.45, 2.75) is 13.0 Å². The zero-order valence-electron chi connectivity index (χ0n) is 9.14. The maximum Gasteiger partial charge on any atom is 0.276 e. The highest BCUT2D eigenvalue weighted by molar-refractivity contribution is 5.52. The molecule has 0 aromatic carbocycles. The maximum absolute atomic E-state index is 10.6. The van der Waals surface area contributed by atoms with E-state index in [-0.39, 0.29) is 17.6 Å². The molecule has 0 saturated carbocycles. The summed E-state index contributed by atoms with van der Waals surface area (Å²) in [5, 5.41) is 13.5. The number of anilines is 2. The van der Waals surface area contributed by atoms with Gasteiger partial charge in [-0.1, -0.05) is 0 Å². The summed E-state index contributed by atoms with van der Waals surface area (Å²) in [6.07, 6.45) is -0.0118.